The smallest absolute Gasteiger partial charge is 0.416 e. The van der Waals surface area contributed by atoms with Crippen molar-refractivity contribution in [2.45, 2.75) is 44.8 Å². The number of amides is 2. The molecule has 2 amide bonds. The van der Waals surface area contributed by atoms with Crippen molar-refractivity contribution in [2.24, 2.45) is 0 Å². The Balaban J connectivity index is 1.44. The van der Waals surface area contributed by atoms with Crippen LogP contribution >= 0.6 is 0 Å². The van der Waals surface area contributed by atoms with Crippen LogP contribution in [-0.2, 0) is 6.18 Å². The summed E-state index contributed by atoms with van der Waals surface area (Å²) in [5.41, 5.74) is -0.577. The van der Waals surface area contributed by atoms with Crippen molar-refractivity contribution in [3.8, 4) is 6.01 Å². The third-order valence-electron chi connectivity index (χ3n) is 5.86. The number of alkyl halides is 3. The van der Waals surface area contributed by atoms with Crippen LogP contribution in [-0.4, -0.2) is 64.7 Å². The summed E-state index contributed by atoms with van der Waals surface area (Å²) in [6.07, 6.45) is -0.104. The quantitative estimate of drug-likeness (QED) is 0.651. The summed E-state index contributed by atoms with van der Waals surface area (Å²) in [4.78, 5) is 29.1. The zero-order valence-electron chi connectivity index (χ0n) is 18.9. The van der Waals surface area contributed by atoms with E-state index in [0.717, 1.165) is 37.8 Å². The zero-order chi connectivity index (χ0) is 24.1. The maximum Gasteiger partial charge on any atom is 0.416 e. The topological polar surface area (TPSA) is 95.5 Å². The van der Waals surface area contributed by atoms with Crippen LogP contribution in [0.25, 0.3) is 0 Å². The number of benzene rings is 1. The summed E-state index contributed by atoms with van der Waals surface area (Å²) in [6, 6.07) is 5.08. The molecule has 12 heteroatoms. The Kier molecular flexibility index (Phi) is 7.23. The number of anilines is 3. The number of carbonyl (C=O) groups is 1. The fourth-order valence-corrected chi connectivity index (χ4v) is 4.08. The Bertz CT molecular complexity index is 991. The van der Waals surface area contributed by atoms with Crippen LogP contribution in [0.5, 0.6) is 6.01 Å². The molecule has 2 N–H and O–H groups in total. The maximum atomic E-state index is 13.1. The molecule has 0 bridgehead atoms. The highest BCUT2D eigenvalue weighted by molar-refractivity contribution is 5.75. The summed E-state index contributed by atoms with van der Waals surface area (Å²) in [6.45, 7) is 4.13. The number of nitrogens with zero attached hydrogens (tertiary/aromatic N) is 5. The number of urea groups is 1. The van der Waals surface area contributed by atoms with Gasteiger partial charge in [0.15, 0.2) is 0 Å². The number of halogens is 3. The maximum absolute atomic E-state index is 13.1. The number of rotatable bonds is 6. The predicted molar refractivity (Wildman–Crippen MR) is 120 cm³/mol. The van der Waals surface area contributed by atoms with E-state index in [9.17, 15) is 18.0 Å². The third-order valence-corrected chi connectivity index (χ3v) is 5.86. The van der Waals surface area contributed by atoms with Gasteiger partial charge in [0, 0.05) is 37.9 Å². The van der Waals surface area contributed by atoms with Gasteiger partial charge in [-0.25, -0.2) is 4.79 Å². The van der Waals surface area contributed by atoms with Gasteiger partial charge in [0.2, 0.25) is 11.9 Å². The van der Waals surface area contributed by atoms with E-state index in [4.69, 9.17) is 4.74 Å². The van der Waals surface area contributed by atoms with Crippen LogP contribution < -0.4 is 20.3 Å². The van der Waals surface area contributed by atoms with E-state index in [1.807, 2.05) is 4.90 Å². The Morgan fingerprint density at radius 2 is 1.85 bits per heavy atom. The second-order valence-electron chi connectivity index (χ2n) is 8.28. The van der Waals surface area contributed by atoms with Crippen molar-refractivity contribution in [2.75, 3.05) is 43.0 Å². The molecule has 2 heterocycles. The van der Waals surface area contributed by atoms with Crippen molar-refractivity contribution in [3.63, 3.8) is 0 Å². The van der Waals surface area contributed by atoms with E-state index in [-0.39, 0.29) is 29.7 Å². The molecule has 2 aromatic rings. The van der Waals surface area contributed by atoms with Gasteiger partial charge in [0.05, 0.1) is 12.2 Å². The van der Waals surface area contributed by atoms with Gasteiger partial charge in [-0.3, -0.25) is 0 Å². The normalized spacial score (nSPS) is 17.1. The van der Waals surface area contributed by atoms with Gasteiger partial charge in [-0.15, -0.1) is 0 Å². The molecule has 9 nitrogen and oxygen atoms in total. The van der Waals surface area contributed by atoms with Crippen molar-refractivity contribution in [1.29, 1.82) is 0 Å². The molecule has 0 spiro atoms. The van der Waals surface area contributed by atoms with Crippen LogP contribution in [0, 0.1) is 0 Å². The van der Waals surface area contributed by atoms with Gasteiger partial charge in [0.1, 0.15) is 0 Å². The molecule has 1 aliphatic carbocycles. The van der Waals surface area contributed by atoms with Gasteiger partial charge >= 0.3 is 18.2 Å². The molecule has 1 aromatic heterocycles. The molecular weight excluding hydrogens is 451 g/mol. The van der Waals surface area contributed by atoms with Gasteiger partial charge < -0.3 is 25.2 Å². The number of hydrogen-bond donors (Lipinski definition) is 2. The zero-order valence-corrected chi connectivity index (χ0v) is 18.9. The molecule has 1 saturated heterocycles. The first-order chi connectivity index (χ1) is 16.3. The summed E-state index contributed by atoms with van der Waals surface area (Å²) < 4.78 is 44.6. The SMILES string of the molecule is CCOc1nc(Nc2cccc(C(F)(F)F)c2)nc(N2CCN(C(=O)NC3CCCC3)CC2)n1. The summed E-state index contributed by atoms with van der Waals surface area (Å²) >= 11 is 0. The van der Waals surface area contributed by atoms with Gasteiger partial charge in [-0.1, -0.05) is 18.9 Å². The lowest BCUT2D eigenvalue weighted by atomic mass is 10.2. The number of carbonyl (C=O) groups excluding carboxylic acids is 1. The summed E-state index contributed by atoms with van der Waals surface area (Å²) in [5, 5.41) is 5.92. The van der Waals surface area contributed by atoms with E-state index in [1.165, 1.54) is 12.1 Å². The lowest BCUT2D eigenvalue weighted by Crippen LogP contribution is -2.53. The van der Waals surface area contributed by atoms with E-state index < -0.39 is 11.7 Å². The molecular formula is C22H28F3N7O2. The van der Waals surface area contributed by atoms with Crippen LogP contribution in [0.4, 0.5) is 35.5 Å². The Hall–Kier alpha value is -3.31. The monoisotopic (exact) mass is 479 g/mol. The van der Waals surface area contributed by atoms with Crippen molar-refractivity contribution in [3.05, 3.63) is 29.8 Å². The van der Waals surface area contributed by atoms with Crippen molar-refractivity contribution in [1.82, 2.24) is 25.2 Å². The number of hydrogen-bond acceptors (Lipinski definition) is 7. The standard InChI is InChI=1S/C22H28F3N7O2/c1-2-34-20-29-18(26-17-9-5-6-15(14-17)22(23,24)25)28-19(30-20)31-10-12-32(13-11-31)21(33)27-16-7-3-4-8-16/h5-6,9,14,16H,2-4,7-8,10-13H2,1H3,(H,27,33)(H,26,28,29,30). The minimum absolute atomic E-state index is 0.0518. The van der Waals surface area contributed by atoms with Crippen molar-refractivity contribution >= 4 is 23.6 Å². The second-order valence-corrected chi connectivity index (χ2v) is 8.28. The average molecular weight is 480 g/mol. The van der Waals surface area contributed by atoms with Crippen LogP contribution in [0.15, 0.2) is 24.3 Å². The molecule has 2 aliphatic rings. The first-order valence-corrected chi connectivity index (χ1v) is 11.5. The number of nitrogens with one attached hydrogen (secondary N) is 2. The molecule has 1 aromatic carbocycles. The highest BCUT2D eigenvalue weighted by atomic mass is 19.4. The molecule has 0 unspecified atom stereocenters. The molecule has 4 rings (SSSR count). The lowest BCUT2D eigenvalue weighted by Gasteiger charge is -2.35. The highest BCUT2D eigenvalue weighted by Crippen LogP contribution is 2.31. The van der Waals surface area contributed by atoms with Gasteiger partial charge in [-0.05, 0) is 38.0 Å². The molecule has 184 valence electrons. The Labute approximate surface area is 195 Å². The second kappa shape index (κ2) is 10.3. The predicted octanol–water partition coefficient (Wildman–Crippen LogP) is 3.81. The minimum Gasteiger partial charge on any atom is -0.464 e. The first kappa shape index (κ1) is 23.8. The molecule has 1 aliphatic heterocycles. The Morgan fingerprint density at radius 3 is 2.53 bits per heavy atom. The average Bonchev–Trinajstić information content (AvgIpc) is 3.32. The van der Waals surface area contributed by atoms with Crippen molar-refractivity contribution < 1.29 is 22.7 Å². The molecule has 0 radical (unpaired) electrons. The van der Waals surface area contributed by atoms with Crippen LogP contribution in [0.1, 0.15) is 38.2 Å². The fraction of sp³-hybridized carbons (Fsp3) is 0.545. The van der Waals surface area contributed by atoms with E-state index >= 15 is 0 Å². The molecule has 1 saturated carbocycles. The summed E-state index contributed by atoms with van der Waals surface area (Å²) in [7, 11) is 0. The molecule has 34 heavy (non-hydrogen) atoms. The number of ether oxygens (including phenoxy) is 1. The Morgan fingerprint density at radius 1 is 1.12 bits per heavy atom. The molecule has 0 atom stereocenters. The highest BCUT2D eigenvalue weighted by Gasteiger charge is 2.30. The summed E-state index contributed by atoms with van der Waals surface area (Å²) in [5.74, 6) is 0.415. The van der Waals surface area contributed by atoms with E-state index in [0.29, 0.717) is 38.7 Å². The first-order valence-electron chi connectivity index (χ1n) is 11.5. The van der Waals surface area contributed by atoms with E-state index in [2.05, 4.69) is 25.6 Å². The van der Waals surface area contributed by atoms with Crippen LogP contribution in [0.2, 0.25) is 0 Å². The number of aromatic nitrogens is 3. The molecule has 2 fully saturated rings. The van der Waals surface area contributed by atoms with Gasteiger partial charge in [0.25, 0.3) is 0 Å². The largest absolute Gasteiger partial charge is 0.464 e. The van der Waals surface area contributed by atoms with Gasteiger partial charge in [-0.2, -0.15) is 28.1 Å². The third kappa shape index (κ3) is 5.97. The van der Waals surface area contributed by atoms with E-state index in [1.54, 1.807) is 11.8 Å². The number of piperazine rings is 1. The minimum atomic E-state index is -4.46. The lowest BCUT2D eigenvalue weighted by molar-refractivity contribution is -0.137. The fourth-order valence-electron chi connectivity index (χ4n) is 4.08. The van der Waals surface area contributed by atoms with Crippen LogP contribution in [0.3, 0.4) is 0 Å².